The average molecular weight is 244 g/mol. The van der Waals surface area contributed by atoms with Crippen molar-refractivity contribution in [3.8, 4) is 11.5 Å². The predicted octanol–water partition coefficient (Wildman–Crippen LogP) is 2.44. The van der Waals surface area contributed by atoms with Crippen molar-refractivity contribution in [3.05, 3.63) is 48.0 Å². The number of nitrogen functional groups attached to an aromatic ring is 2. The summed E-state index contributed by atoms with van der Waals surface area (Å²) in [5.41, 5.74) is 13.5. The maximum atomic E-state index is 5.71. The van der Waals surface area contributed by atoms with Gasteiger partial charge in [-0.05, 0) is 29.8 Å². The van der Waals surface area contributed by atoms with Gasteiger partial charge in [0.15, 0.2) is 0 Å². The predicted molar refractivity (Wildman–Crippen MR) is 72.6 cm³/mol. The Kier molecular flexibility index (Phi) is 3.57. The van der Waals surface area contributed by atoms with Crippen LogP contribution in [0.5, 0.6) is 11.5 Å². The Balaban J connectivity index is 1.99. The molecule has 94 valence electrons. The van der Waals surface area contributed by atoms with Gasteiger partial charge < -0.3 is 20.9 Å². The van der Waals surface area contributed by atoms with Gasteiger partial charge in [0.1, 0.15) is 18.1 Å². The van der Waals surface area contributed by atoms with Crippen LogP contribution in [0.3, 0.4) is 0 Å². The second kappa shape index (κ2) is 5.31. The molecule has 0 radical (unpaired) electrons. The van der Waals surface area contributed by atoms with Gasteiger partial charge in [-0.15, -0.1) is 0 Å². The minimum atomic E-state index is 0.480. The number of rotatable bonds is 4. The van der Waals surface area contributed by atoms with E-state index in [0.29, 0.717) is 23.7 Å². The van der Waals surface area contributed by atoms with Crippen LogP contribution in [-0.2, 0) is 6.61 Å². The molecular weight excluding hydrogens is 228 g/mol. The fourth-order valence-corrected chi connectivity index (χ4v) is 1.53. The first-order valence-electron chi connectivity index (χ1n) is 5.60. The number of nitrogens with two attached hydrogens (primary N) is 2. The minimum absolute atomic E-state index is 0.480. The molecule has 0 bridgehead atoms. The molecule has 2 aromatic rings. The van der Waals surface area contributed by atoms with Crippen molar-refractivity contribution < 1.29 is 9.47 Å². The molecule has 0 aliphatic heterocycles. The first-order valence-corrected chi connectivity index (χ1v) is 5.60. The Hall–Kier alpha value is -2.36. The van der Waals surface area contributed by atoms with Crippen molar-refractivity contribution in [1.29, 1.82) is 0 Å². The highest BCUT2D eigenvalue weighted by atomic mass is 16.5. The van der Waals surface area contributed by atoms with Crippen LogP contribution in [0.4, 0.5) is 11.4 Å². The number of hydrogen-bond acceptors (Lipinski definition) is 4. The SMILES string of the molecule is COc1ccc(COc2ccc(N)c(N)c2)cc1. The molecule has 0 aliphatic rings. The molecule has 0 aliphatic carbocycles. The van der Waals surface area contributed by atoms with Gasteiger partial charge in [-0.2, -0.15) is 0 Å². The maximum absolute atomic E-state index is 5.71. The first-order chi connectivity index (χ1) is 8.69. The van der Waals surface area contributed by atoms with Gasteiger partial charge in [0, 0.05) is 6.07 Å². The van der Waals surface area contributed by atoms with Gasteiger partial charge in [0.05, 0.1) is 18.5 Å². The van der Waals surface area contributed by atoms with Crippen LogP contribution in [-0.4, -0.2) is 7.11 Å². The molecule has 0 fully saturated rings. The molecule has 0 atom stereocenters. The highest BCUT2D eigenvalue weighted by Gasteiger charge is 2.00. The van der Waals surface area contributed by atoms with Crippen LogP contribution in [0, 0.1) is 0 Å². The van der Waals surface area contributed by atoms with Gasteiger partial charge in [-0.25, -0.2) is 0 Å². The third-order valence-corrected chi connectivity index (χ3v) is 2.62. The zero-order chi connectivity index (χ0) is 13.0. The number of benzene rings is 2. The zero-order valence-electron chi connectivity index (χ0n) is 10.2. The molecule has 4 heteroatoms. The summed E-state index contributed by atoms with van der Waals surface area (Å²) in [5.74, 6) is 1.54. The van der Waals surface area contributed by atoms with E-state index >= 15 is 0 Å². The molecule has 0 aromatic heterocycles. The van der Waals surface area contributed by atoms with E-state index in [1.165, 1.54) is 0 Å². The second-order valence-electron chi connectivity index (χ2n) is 3.93. The van der Waals surface area contributed by atoms with Crippen LogP contribution in [0.15, 0.2) is 42.5 Å². The number of methoxy groups -OCH3 is 1. The third kappa shape index (κ3) is 2.85. The number of anilines is 2. The van der Waals surface area contributed by atoms with E-state index in [4.69, 9.17) is 20.9 Å². The second-order valence-corrected chi connectivity index (χ2v) is 3.93. The maximum Gasteiger partial charge on any atom is 0.122 e. The van der Waals surface area contributed by atoms with Gasteiger partial charge >= 0.3 is 0 Å². The van der Waals surface area contributed by atoms with Gasteiger partial charge in [0.2, 0.25) is 0 Å². The minimum Gasteiger partial charge on any atom is -0.497 e. The summed E-state index contributed by atoms with van der Waals surface area (Å²) in [6, 6.07) is 13.0. The quantitative estimate of drug-likeness (QED) is 0.810. The van der Waals surface area contributed by atoms with E-state index < -0.39 is 0 Å². The summed E-state index contributed by atoms with van der Waals surface area (Å²) in [6.07, 6.45) is 0. The lowest BCUT2D eigenvalue weighted by Gasteiger charge is -2.08. The molecule has 2 aromatic carbocycles. The summed E-state index contributed by atoms with van der Waals surface area (Å²) >= 11 is 0. The van der Waals surface area contributed by atoms with Crippen molar-refractivity contribution in [1.82, 2.24) is 0 Å². The smallest absolute Gasteiger partial charge is 0.122 e. The molecule has 0 saturated carbocycles. The average Bonchev–Trinajstić information content (AvgIpc) is 2.41. The van der Waals surface area contributed by atoms with Gasteiger partial charge in [0.25, 0.3) is 0 Å². The van der Waals surface area contributed by atoms with Crippen molar-refractivity contribution in [2.75, 3.05) is 18.6 Å². The van der Waals surface area contributed by atoms with Crippen LogP contribution in [0.2, 0.25) is 0 Å². The Morgan fingerprint density at radius 2 is 1.56 bits per heavy atom. The van der Waals surface area contributed by atoms with Crippen molar-refractivity contribution >= 4 is 11.4 Å². The molecule has 4 nitrogen and oxygen atoms in total. The monoisotopic (exact) mass is 244 g/mol. The molecule has 2 rings (SSSR count). The molecule has 4 N–H and O–H groups in total. The van der Waals surface area contributed by atoms with Crippen molar-refractivity contribution in [2.45, 2.75) is 6.61 Å². The number of hydrogen-bond donors (Lipinski definition) is 2. The summed E-state index contributed by atoms with van der Waals surface area (Å²) in [5, 5.41) is 0. The van der Waals surface area contributed by atoms with Crippen LogP contribution < -0.4 is 20.9 Å². The molecule has 0 unspecified atom stereocenters. The number of ether oxygens (including phenoxy) is 2. The molecular formula is C14H16N2O2. The molecule has 0 spiro atoms. The topological polar surface area (TPSA) is 70.5 Å². The van der Waals surface area contributed by atoms with E-state index in [0.717, 1.165) is 11.3 Å². The van der Waals surface area contributed by atoms with E-state index in [1.54, 1.807) is 25.3 Å². The highest BCUT2D eigenvalue weighted by Crippen LogP contribution is 2.22. The van der Waals surface area contributed by atoms with Gasteiger partial charge in [-0.3, -0.25) is 0 Å². The molecule has 0 heterocycles. The molecule has 18 heavy (non-hydrogen) atoms. The normalized spacial score (nSPS) is 10.1. The lowest BCUT2D eigenvalue weighted by molar-refractivity contribution is 0.306. The summed E-state index contributed by atoms with van der Waals surface area (Å²) in [7, 11) is 1.64. The van der Waals surface area contributed by atoms with Crippen LogP contribution in [0.1, 0.15) is 5.56 Å². The largest absolute Gasteiger partial charge is 0.497 e. The van der Waals surface area contributed by atoms with Crippen molar-refractivity contribution in [2.24, 2.45) is 0 Å². The van der Waals surface area contributed by atoms with E-state index in [-0.39, 0.29) is 0 Å². The Morgan fingerprint density at radius 1 is 0.889 bits per heavy atom. The van der Waals surface area contributed by atoms with E-state index in [1.807, 2.05) is 24.3 Å². The zero-order valence-corrected chi connectivity index (χ0v) is 10.2. The van der Waals surface area contributed by atoms with Gasteiger partial charge in [-0.1, -0.05) is 12.1 Å². The summed E-state index contributed by atoms with van der Waals surface area (Å²) in [6.45, 7) is 0.480. The summed E-state index contributed by atoms with van der Waals surface area (Å²) < 4.78 is 10.7. The Bertz CT molecular complexity index is 524. The fraction of sp³-hybridized carbons (Fsp3) is 0.143. The van der Waals surface area contributed by atoms with Crippen LogP contribution in [0.25, 0.3) is 0 Å². The lowest BCUT2D eigenvalue weighted by Crippen LogP contribution is -1.98. The Labute approximate surface area is 106 Å². The highest BCUT2D eigenvalue weighted by molar-refractivity contribution is 5.65. The van der Waals surface area contributed by atoms with Crippen molar-refractivity contribution in [3.63, 3.8) is 0 Å². The van der Waals surface area contributed by atoms with E-state index in [2.05, 4.69) is 0 Å². The molecule has 0 amide bonds. The standard InChI is InChI=1S/C14H16N2O2/c1-17-11-4-2-10(3-5-11)9-18-12-6-7-13(15)14(16)8-12/h2-8H,9,15-16H2,1H3. The van der Waals surface area contributed by atoms with Crippen LogP contribution >= 0.6 is 0 Å². The summed E-state index contributed by atoms with van der Waals surface area (Å²) in [4.78, 5) is 0. The Morgan fingerprint density at radius 3 is 2.17 bits per heavy atom. The lowest BCUT2D eigenvalue weighted by atomic mass is 10.2. The first kappa shape index (κ1) is 12.1. The fourth-order valence-electron chi connectivity index (χ4n) is 1.53. The molecule has 0 saturated heterocycles. The van der Waals surface area contributed by atoms with E-state index in [9.17, 15) is 0 Å². The third-order valence-electron chi connectivity index (χ3n) is 2.62.